The zero-order valence-corrected chi connectivity index (χ0v) is 16.8. The fourth-order valence-electron chi connectivity index (χ4n) is 3.50. The fraction of sp³-hybridized carbons (Fsp3) is 0.400. The molecule has 1 aromatic heterocycles. The third-order valence-corrected chi connectivity index (χ3v) is 5.96. The smallest absolute Gasteiger partial charge is 0.251 e. The summed E-state index contributed by atoms with van der Waals surface area (Å²) >= 11 is 1.44. The molecule has 0 saturated carbocycles. The van der Waals surface area contributed by atoms with Crippen LogP contribution in [0.3, 0.4) is 0 Å². The van der Waals surface area contributed by atoms with Gasteiger partial charge in [-0.05, 0) is 56.0 Å². The van der Waals surface area contributed by atoms with Gasteiger partial charge in [0.05, 0.1) is 19.2 Å². The molecule has 0 atom stereocenters. The Bertz CT molecular complexity index is 897. The van der Waals surface area contributed by atoms with E-state index < -0.39 is 11.7 Å². The topological polar surface area (TPSA) is 84.7 Å². The molecule has 1 aliphatic rings. The van der Waals surface area contributed by atoms with Crippen molar-refractivity contribution in [3.63, 3.8) is 0 Å². The number of anilines is 1. The standard InChI is InChI=1S/C20H24FN3O3S/c1-24(10-12-7-8-15(27-2)14(21)9-12)11-17(25)23-20-18(19(22)26)13-5-3-4-6-16(13)28-20/h7-9H,3-6,10-11H2,1-2H3,(H2,22,26)(H,23,25). The number of amides is 2. The van der Waals surface area contributed by atoms with Crippen molar-refractivity contribution in [2.24, 2.45) is 5.73 Å². The van der Waals surface area contributed by atoms with Gasteiger partial charge in [0.2, 0.25) is 5.91 Å². The Morgan fingerprint density at radius 3 is 2.75 bits per heavy atom. The first-order valence-corrected chi connectivity index (χ1v) is 9.95. The summed E-state index contributed by atoms with van der Waals surface area (Å²) < 4.78 is 18.7. The van der Waals surface area contributed by atoms with Crippen LogP contribution in [0.15, 0.2) is 18.2 Å². The number of carbonyl (C=O) groups is 2. The molecule has 3 N–H and O–H groups in total. The maximum Gasteiger partial charge on any atom is 0.251 e. The molecule has 0 radical (unpaired) electrons. The molecule has 1 aromatic carbocycles. The van der Waals surface area contributed by atoms with Crippen LogP contribution in [0, 0.1) is 5.82 Å². The molecule has 0 saturated heterocycles. The zero-order chi connectivity index (χ0) is 20.3. The predicted octanol–water partition coefficient (Wildman–Crippen LogP) is 2.94. The van der Waals surface area contributed by atoms with Crippen LogP contribution in [0.1, 0.15) is 39.2 Å². The van der Waals surface area contributed by atoms with E-state index in [4.69, 9.17) is 10.5 Å². The molecule has 0 spiro atoms. The number of nitrogens with zero attached hydrogens (tertiary/aromatic N) is 1. The number of rotatable bonds is 7. The second kappa shape index (κ2) is 8.70. The Morgan fingerprint density at radius 1 is 1.32 bits per heavy atom. The predicted molar refractivity (Wildman–Crippen MR) is 107 cm³/mol. The lowest BCUT2D eigenvalue weighted by Crippen LogP contribution is -2.30. The van der Waals surface area contributed by atoms with Crippen LogP contribution in [-0.4, -0.2) is 37.4 Å². The highest BCUT2D eigenvalue weighted by molar-refractivity contribution is 7.17. The molecule has 2 aromatic rings. The molecular weight excluding hydrogens is 381 g/mol. The maximum atomic E-state index is 13.8. The summed E-state index contributed by atoms with van der Waals surface area (Å²) in [6.07, 6.45) is 3.85. The number of nitrogens with two attached hydrogens (primary N) is 1. The Balaban J connectivity index is 1.65. The number of carbonyl (C=O) groups excluding carboxylic acids is 2. The number of hydrogen-bond acceptors (Lipinski definition) is 5. The van der Waals surface area contributed by atoms with Crippen LogP contribution >= 0.6 is 11.3 Å². The molecule has 0 bridgehead atoms. The number of aryl methyl sites for hydroxylation is 1. The van der Waals surface area contributed by atoms with Gasteiger partial charge in [0.15, 0.2) is 11.6 Å². The summed E-state index contributed by atoms with van der Waals surface area (Å²) in [4.78, 5) is 27.3. The molecule has 28 heavy (non-hydrogen) atoms. The maximum absolute atomic E-state index is 13.8. The van der Waals surface area contributed by atoms with Crippen molar-refractivity contribution in [2.75, 3.05) is 26.0 Å². The Kier molecular flexibility index (Phi) is 6.31. The minimum atomic E-state index is -0.503. The fourth-order valence-corrected chi connectivity index (χ4v) is 4.81. The van der Waals surface area contributed by atoms with E-state index in [0.29, 0.717) is 17.1 Å². The van der Waals surface area contributed by atoms with E-state index >= 15 is 0 Å². The first-order valence-electron chi connectivity index (χ1n) is 9.14. The van der Waals surface area contributed by atoms with E-state index in [0.717, 1.165) is 41.7 Å². The van der Waals surface area contributed by atoms with Gasteiger partial charge in [-0.2, -0.15) is 0 Å². The van der Waals surface area contributed by atoms with Crippen molar-refractivity contribution in [1.29, 1.82) is 0 Å². The first-order chi connectivity index (χ1) is 13.4. The summed E-state index contributed by atoms with van der Waals surface area (Å²) in [7, 11) is 3.19. The van der Waals surface area contributed by atoms with Crippen LogP contribution in [-0.2, 0) is 24.2 Å². The SMILES string of the molecule is COc1ccc(CN(C)CC(=O)Nc2sc3c(c2C(N)=O)CCCC3)cc1F. The lowest BCUT2D eigenvalue weighted by Gasteiger charge is -2.17. The highest BCUT2D eigenvalue weighted by Crippen LogP contribution is 2.37. The monoisotopic (exact) mass is 405 g/mol. The molecule has 1 aliphatic carbocycles. The van der Waals surface area contributed by atoms with Gasteiger partial charge in [-0.1, -0.05) is 6.07 Å². The normalized spacial score (nSPS) is 13.3. The average molecular weight is 405 g/mol. The average Bonchev–Trinajstić information content (AvgIpc) is 2.99. The highest BCUT2D eigenvalue weighted by Gasteiger charge is 2.25. The Labute approximate surface area is 167 Å². The summed E-state index contributed by atoms with van der Waals surface area (Å²) in [6, 6.07) is 4.72. The number of ether oxygens (including phenoxy) is 1. The molecular formula is C20H24FN3O3S. The molecule has 0 unspecified atom stereocenters. The number of benzene rings is 1. The number of fused-ring (bicyclic) bond motifs is 1. The second-order valence-corrected chi connectivity index (χ2v) is 8.07. The third kappa shape index (κ3) is 4.51. The van der Waals surface area contributed by atoms with Crippen LogP contribution < -0.4 is 15.8 Å². The van der Waals surface area contributed by atoms with Crippen molar-refractivity contribution in [1.82, 2.24) is 4.90 Å². The van der Waals surface area contributed by atoms with E-state index in [1.165, 1.54) is 24.5 Å². The van der Waals surface area contributed by atoms with Crippen molar-refractivity contribution in [2.45, 2.75) is 32.2 Å². The highest BCUT2D eigenvalue weighted by atomic mass is 32.1. The zero-order valence-electron chi connectivity index (χ0n) is 16.0. The molecule has 0 aliphatic heterocycles. The summed E-state index contributed by atoms with van der Waals surface area (Å²) in [5, 5.41) is 3.37. The minimum absolute atomic E-state index is 0.106. The summed E-state index contributed by atoms with van der Waals surface area (Å²) in [5.41, 5.74) is 7.73. The number of hydrogen-bond donors (Lipinski definition) is 2. The van der Waals surface area contributed by atoms with Crippen LogP contribution in [0.2, 0.25) is 0 Å². The number of nitrogens with one attached hydrogen (secondary N) is 1. The molecule has 8 heteroatoms. The minimum Gasteiger partial charge on any atom is -0.494 e. The van der Waals surface area contributed by atoms with E-state index in [-0.39, 0.29) is 18.2 Å². The summed E-state index contributed by atoms with van der Waals surface area (Å²) in [6.45, 7) is 0.506. The number of methoxy groups -OCH3 is 1. The Morgan fingerprint density at radius 2 is 2.07 bits per heavy atom. The third-order valence-electron chi connectivity index (χ3n) is 4.75. The quantitative estimate of drug-likeness (QED) is 0.742. The van der Waals surface area contributed by atoms with E-state index in [9.17, 15) is 14.0 Å². The van der Waals surface area contributed by atoms with Gasteiger partial charge in [0.25, 0.3) is 5.91 Å². The first kappa shape index (κ1) is 20.3. The molecule has 1 heterocycles. The largest absolute Gasteiger partial charge is 0.494 e. The van der Waals surface area contributed by atoms with Gasteiger partial charge in [-0.3, -0.25) is 14.5 Å². The van der Waals surface area contributed by atoms with Crippen LogP contribution in [0.5, 0.6) is 5.75 Å². The molecule has 0 fully saturated rings. The molecule has 6 nitrogen and oxygen atoms in total. The van der Waals surface area contributed by atoms with Crippen LogP contribution in [0.25, 0.3) is 0 Å². The van der Waals surface area contributed by atoms with Crippen molar-refractivity contribution in [3.05, 3.63) is 45.6 Å². The van der Waals surface area contributed by atoms with Gasteiger partial charge in [0.1, 0.15) is 5.00 Å². The number of likely N-dealkylation sites (N-methyl/N-ethyl adjacent to an activating group) is 1. The van der Waals surface area contributed by atoms with E-state index in [2.05, 4.69) is 5.32 Å². The van der Waals surface area contributed by atoms with Crippen LogP contribution in [0.4, 0.5) is 9.39 Å². The lowest BCUT2D eigenvalue weighted by atomic mass is 9.95. The summed E-state index contributed by atoms with van der Waals surface area (Å²) in [5.74, 6) is -0.993. The number of thiophene rings is 1. The molecule has 3 rings (SSSR count). The molecule has 2 amide bonds. The van der Waals surface area contributed by atoms with Crippen molar-refractivity contribution < 1.29 is 18.7 Å². The second-order valence-electron chi connectivity index (χ2n) is 6.97. The van der Waals surface area contributed by atoms with E-state index in [1.807, 2.05) is 0 Å². The number of primary amides is 1. The van der Waals surface area contributed by atoms with E-state index in [1.54, 1.807) is 24.1 Å². The Hall–Kier alpha value is -2.45. The molecule has 150 valence electrons. The lowest BCUT2D eigenvalue weighted by molar-refractivity contribution is -0.117. The van der Waals surface area contributed by atoms with Gasteiger partial charge in [0, 0.05) is 11.4 Å². The van der Waals surface area contributed by atoms with Crippen molar-refractivity contribution in [3.8, 4) is 5.75 Å². The van der Waals surface area contributed by atoms with Gasteiger partial charge < -0.3 is 15.8 Å². The van der Waals surface area contributed by atoms with Gasteiger partial charge in [-0.15, -0.1) is 11.3 Å². The number of halogens is 1. The van der Waals surface area contributed by atoms with Gasteiger partial charge in [-0.25, -0.2) is 4.39 Å². The van der Waals surface area contributed by atoms with Crippen molar-refractivity contribution >= 4 is 28.2 Å². The van der Waals surface area contributed by atoms with Gasteiger partial charge >= 0.3 is 0 Å².